The Morgan fingerprint density at radius 1 is 1.33 bits per heavy atom. The molecule has 1 aliphatic rings. The number of benzene rings is 1. The van der Waals surface area contributed by atoms with Gasteiger partial charge in [0.05, 0.1) is 18.5 Å². The third-order valence-electron chi connectivity index (χ3n) is 3.28. The highest BCUT2D eigenvalue weighted by molar-refractivity contribution is 5.91. The van der Waals surface area contributed by atoms with Gasteiger partial charge in [0.2, 0.25) is 0 Å². The molecular formula is C15H18O3. The number of hydrogen-bond donors (Lipinski definition) is 1. The van der Waals surface area contributed by atoms with Crippen LogP contribution in [-0.2, 0) is 16.1 Å². The molecule has 0 amide bonds. The molecule has 1 N–H and O–H groups in total. The Labute approximate surface area is 107 Å². The third-order valence-corrected chi connectivity index (χ3v) is 3.28. The minimum atomic E-state index is -0.0370. The lowest BCUT2D eigenvalue weighted by Gasteiger charge is -2.25. The van der Waals surface area contributed by atoms with E-state index in [1.807, 2.05) is 37.3 Å². The maximum atomic E-state index is 11.4. The van der Waals surface area contributed by atoms with Crippen LogP contribution in [0.2, 0.25) is 0 Å². The zero-order valence-corrected chi connectivity index (χ0v) is 10.5. The van der Waals surface area contributed by atoms with Gasteiger partial charge in [0, 0.05) is 18.9 Å². The molecule has 0 fully saturated rings. The van der Waals surface area contributed by atoms with Gasteiger partial charge in [-0.15, -0.1) is 0 Å². The van der Waals surface area contributed by atoms with Gasteiger partial charge in [-0.3, -0.25) is 4.79 Å². The fraction of sp³-hybridized carbons (Fsp3) is 0.400. The average Bonchev–Trinajstić information content (AvgIpc) is 2.36. The SMILES string of the molecule is CC(OCc1ccccc1)C1CC(=O)C=C(O)C1. The number of carbonyl (C=O) groups is 1. The highest BCUT2D eigenvalue weighted by atomic mass is 16.5. The van der Waals surface area contributed by atoms with Gasteiger partial charge in [-0.1, -0.05) is 30.3 Å². The molecule has 2 rings (SSSR count). The van der Waals surface area contributed by atoms with Crippen molar-refractivity contribution in [2.75, 3.05) is 0 Å². The summed E-state index contributed by atoms with van der Waals surface area (Å²) in [6.45, 7) is 2.50. The second-order valence-electron chi connectivity index (χ2n) is 4.77. The van der Waals surface area contributed by atoms with E-state index in [4.69, 9.17) is 4.74 Å². The van der Waals surface area contributed by atoms with Gasteiger partial charge >= 0.3 is 0 Å². The highest BCUT2D eigenvalue weighted by Crippen LogP contribution is 2.25. The summed E-state index contributed by atoms with van der Waals surface area (Å²) >= 11 is 0. The van der Waals surface area contributed by atoms with Crippen molar-refractivity contribution >= 4 is 5.78 Å². The minimum absolute atomic E-state index is 0.0149. The van der Waals surface area contributed by atoms with Crippen molar-refractivity contribution in [3.8, 4) is 0 Å². The number of carbonyl (C=O) groups excluding carboxylic acids is 1. The summed E-state index contributed by atoms with van der Waals surface area (Å²) in [5.74, 6) is 0.233. The summed E-state index contributed by atoms with van der Waals surface area (Å²) in [6, 6.07) is 9.94. The summed E-state index contributed by atoms with van der Waals surface area (Å²) < 4.78 is 5.77. The largest absolute Gasteiger partial charge is 0.512 e. The number of allylic oxidation sites excluding steroid dienone is 2. The maximum absolute atomic E-state index is 11.4. The Morgan fingerprint density at radius 3 is 2.72 bits per heavy atom. The van der Waals surface area contributed by atoms with E-state index in [1.165, 1.54) is 6.08 Å². The first-order valence-corrected chi connectivity index (χ1v) is 6.23. The van der Waals surface area contributed by atoms with Crippen molar-refractivity contribution in [3.63, 3.8) is 0 Å². The molecule has 1 aromatic rings. The van der Waals surface area contributed by atoms with Crippen LogP contribution in [0.1, 0.15) is 25.3 Å². The fourth-order valence-corrected chi connectivity index (χ4v) is 2.17. The molecule has 0 aliphatic heterocycles. The lowest BCUT2D eigenvalue weighted by molar-refractivity contribution is -0.118. The number of aliphatic hydroxyl groups excluding tert-OH is 1. The van der Waals surface area contributed by atoms with Crippen LogP contribution in [-0.4, -0.2) is 17.0 Å². The predicted octanol–water partition coefficient (Wildman–Crippen LogP) is 3.01. The Hall–Kier alpha value is -1.61. The Morgan fingerprint density at radius 2 is 2.06 bits per heavy atom. The average molecular weight is 246 g/mol. The molecule has 0 radical (unpaired) electrons. The molecule has 1 aromatic carbocycles. The Kier molecular flexibility index (Phi) is 4.15. The van der Waals surface area contributed by atoms with Crippen molar-refractivity contribution in [3.05, 3.63) is 47.7 Å². The van der Waals surface area contributed by atoms with Crippen LogP contribution in [0.4, 0.5) is 0 Å². The summed E-state index contributed by atoms with van der Waals surface area (Å²) in [4.78, 5) is 11.4. The second-order valence-corrected chi connectivity index (χ2v) is 4.77. The van der Waals surface area contributed by atoms with E-state index in [0.29, 0.717) is 19.4 Å². The zero-order chi connectivity index (χ0) is 13.0. The van der Waals surface area contributed by atoms with Crippen molar-refractivity contribution in [2.45, 2.75) is 32.5 Å². The molecule has 0 aromatic heterocycles. The summed E-state index contributed by atoms with van der Waals surface area (Å²) in [6.07, 6.45) is 2.27. The summed E-state index contributed by atoms with van der Waals surface area (Å²) in [7, 11) is 0. The van der Waals surface area contributed by atoms with Crippen LogP contribution < -0.4 is 0 Å². The predicted molar refractivity (Wildman–Crippen MR) is 69.1 cm³/mol. The van der Waals surface area contributed by atoms with Gasteiger partial charge in [0.15, 0.2) is 5.78 Å². The van der Waals surface area contributed by atoms with Crippen molar-refractivity contribution in [2.24, 2.45) is 5.92 Å². The summed E-state index contributed by atoms with van der Waals surface area (Å²) in [5.41, 5.74) is 1.12. The molecule has 2 unspecified atom stereocenters. The fourth-order valence-electron chi connectivity index (χ4n) is 2.17. The quantitative estimate of drug-likeness (QED) is 0.888. The molecular weight excluding hydrogens is 228 g/mol. The van der Waals surface area contributed by atoms with Crippen molar-refractivity contribution < 1.29 is 14.6 Å². The highest BCUT2D eigenvalue weighted by Gasteiger charge is 2.25. The van der Waals surface area contributed by atoms with Crippen LogP contribution in [0.25, 0.3) is 0 Å². The topological polar surface area (TPSA) is 46.5 Å². The molecule has 3 heteroatoms. The second kappa shape index (κ2) is 5.83. The number of rotatable bonds is 4. The molecule has 18 heavy (non-hydrogen) atoms. The maximum Gasteiger partial charge on any atom is 0.159 e. The monoisotopic (exact) mass is 246 g/mol. The third kappa shape index (κ3) is 3.44. The molecule has 3 nitrogen and oxygen atoms in total. The first-order valence-electron chi connectivity index (χ1n) is 6.23. The number of ketones is 1. The minimum Gasteiger partial charge on any atom is -0.512 e. The van der Waals surface area contributed by atoms with E-state index < -0.39 is 0 Å². The van der Waals surface area contributed by atoms with Crippen LogP contribution in [0, 0.1) is 5.92 Å². The molecule has 0 spiro atoms. The lowest BCUT2D eigenvalue weighted by atomic mass is 9.88. The van der Waals surface area contributed by atoms with E-state index in [1.54, 1.807) is 0 Å². The molecule has 0 bridgehead atoms. The summed E-state index contributed by atoms with van der Waals surface area (Å²) in [5, 5.41) is 9.47. The first-order chi connectivity index (χ1) is 8.65. The van der Waals surface area contributed by atoms with E-state index in [9.17, 15) is 9.90 Å². The van der Waals surface area contributed by atoms with Crippen molar-refractivity contribution in [1.29, 1.82) is 0 Å². The molecule has 2 atom stereocenters. The van der Waals surface area contributed by atoms with E-state index in [-0.39, 0.29) is 23.6 Å². The van der Waals surface area contributed by atoms with E-state index in [2.05, 4.69) is 0 Å². The van der Waals surface area contributed by atoms with E-state index >= 15 is 0 Å². The van der Waals surface area contributed by atoms with Gasteiger partial charge in [-0.05, 0) is 18.4 Å². The lowest BCUT2D eigenvalue weighted by Crippen LogP contribution is -2.26. The molecule has 1 aliphatic carbocycles. The van der Waals surface area contributed by atoms with Gasteiger partial charge < -0.3 is 9.84 Å². The zero-order valence-electron chi connectivity index (χ0n) is 10.5. The molecule has 96 valence electrons. The molecule has 0 saturated heterocycles. The Bertz CT molecular complexity index is 436. The van der Waals surface area contributed by atoms with Crippen molar-refractivity contribution in [1.82, 2.24) is 0 Å². The van der Waals surface area contributed by atoms with Crippen LogP contribution in [0.5, 0.6) is 0 Å². The first kappa shape index (κ1) is 12.8. The van der Waals surface area contributed by atoms with Gasteiger partial charge in [0.1, 0.15) is 0 Å². The van der Waals surface area contributed by atoms with Gasteiger partial charge in [-0.25, -0.2) is 0 Å². The number of aliphatic hydroxyl groups is 1. The van der Waals surface area contributed by atoms with Crippen LogP contribution in [0.3, 0.4) is 0 Å². The van der Waals surface area contributed by atoms with Gasteiger partial charge in [-0.2, -0.15) is 0 Å². The smallest absolute Gasteiger partial charge is 0.159 e. The molecule has 0 saturated carbocycles. The molecule has 0 heterocycles. The van der Waals surface area contributed by atoms with Crippen LogP contribution in [0.15, 0.2) is 42.2 Å². The number of hydrogen-bond acceptors (Lipinski definition) is 3. The Balaban J connectivity index is 1.87. The number of ether oxygens (including phenoxy) is 1. The normalized spacial score (nSPS) is 21.5. The van der Waals surface area contributed by atoms with Gasteiger partial charge in [0.25, 0.3) is 0 Å². The van der Waals surface area contributed by atoms with Crippen LogP contribution >= 0.6 is 0 Å². The van der Waals surface area contributed by atoms with E-state index in [0.717, 1.165) is 5.56 Å². The standard InChI is InChI=1S/C15H18O3/c1-11(13-7-14(16)9-15(17)8-13)18-10-12-5-3-2-4-6-12/h2-6,9,11,13,16H,7-8,10H2,1H3.